The molecule has 2 heterocycles. The molecule has 0 saturated carbocycles. The number of likely N-dealkylation sites (tertiary alicyclic amines) is 1. The Hall–Kier alpha value is -0.770. The average Bonchev–Trinajstić information content (AvgIpc) is 2.78. The predicted molar refractivity (Wildman–Crippen MR) is 64.4 cm³/mol. The number of hydrogen-bond acceptors (Lipinski definition) is 2. The molecule has 2 saturated heterocycles. The number of nitrogens with one attached hydrogen (secondary N) is 1. The van der Waals surface area contributed by atoms with Crippen molar-refractivity contribution in [1.82, 2.24) is 15.1 Å². The standard InChI is InChI=1S/C12H23N3O/c1-3-14(4-2)12(16)15-7-5-6-10-8-13-9-11(10)15/h10-11,13H,3-9H2,1-2H3. The topological polar surface area (TPSA) is 35.6 Å². The summed E-state index contributed by atoms with van der Waals surface area (Å²) in [6.45, 7) is 8.75. The van der Waals surface area contributed by atoms with Crippen LogP contribution in [-0.4, -0.2) is 54.6 Å². The molecule has 0 aliphatic carbocycles. The Kier molecular flexibility index (Phi) is 3.69. The second-order valence-electron chi connectivity index (χ2n) is 4.78. The first-order chi connectivity index (χ1) is 7.77. The first-order valence-electron chi connectivity index (χ1n) is 6.54. The van der Waals surface area contributed by atoms with Crippen molar-refractivity contribution in [2.75, 3.05) is 32.7 Å². The summed E-state index contributed by atoms with van der Waals surface area (Å²) in [4.78, 5) is 16.4. The highest BCUT2D eigenvalue weighted by atomic mass is 16.2. The monoisotopic (exact) mass is 225 g/mol. The van der Waals surface area contributed by atoms with E-state index in [0.717, 1.165) is 39.1 Å². The number of nitrogens with zero attached hydrogens (tertiary/aromatic N) is 2. The lowest BCUT2D eigenvalue weighted by molar-refractivity contribution is 0.107. The van der Waals surface area contributed by atoms with E-state index in [2.05, 4.69) is 24.1 Å². The molecule has 92 valence electrons. The SMILES string of the molecule is CCN(CC)C(=O)N1CCCC2CNCC21. The van der Waals surface area contributed by atoms with Gasteiger partial charge in [-0.15, -0.1) is 0 Å². The molecule has 2 aliphatic heterocycles. The lowest BCUT2D eigenvalue weighted by Crippen LogP contribution is -2.53. The highest BCUT2D eigenvalue weighted by Crippen LogP contribution is 2.27. The maximum Gasteiger partial charge on any atom is 0.320 e. The largest absolute Gasteiger partial charge is 0.325 e. The van der Waals surface area contributed by atoms with Crippen LogP contribution in [0.4, 0.5) is 4.79 Å². The van der Waals surface area contributed by atoms with Crippen LogP contribution in [-0.2, 0) is 0 Å². The van der Waals surface area contributed by atoms with Gasteiger partial charge in [-0.1, -0.05) is 0 Å². The fourth-order valence-electron chi connectivity index (χ4n) is 2.98. The Bertz CT molecular complexity index is 253. The molecule has 2 aliphatic rings. The summed E-state index contributed by atoms with van der Waals surface area (Å²) in [5.74, 6) is 0.688. The summed E-state index contributed by atoms with van der Waals surface area (Å²) in [5, 5.41) is 3.41. The van der Waals surface area contributed by atoms with E-state index in [4.69, 9.17) is 0 Å². The molecule has 0 radical (unpaired) electrons. The molecule has 2 atom stereocenters. The minimum absolute atomic E-state index is 0.239. The fourth-order valence-corrected chi connectivity index (χ4v) is 2.98. The van der Waals surface area contributed by atoms with Crippen molar-refractivity contribution in [3.63, 3.8) is 0 Å². The minimum atomic E-state index is 0.239. The van der Waals surface area contributed by atoms with Crippen LogP contribution in [0.5, 0.6) is 0 Å². The summed E-state index contributed by atoms with van der Waals surface area (Å²) < 4.78 is 0. The van der Waals surface area contributed by atoms with E-state index >= 15 is 0 Å². The Balaban J connectivity index is 2.04. The van der Waals surface area contributed by atoms with Gasteiger partial charge in [0.25, 0.3) is 0 Å². The average molecular weight is 225 g/mol. The molecule has 0 bridgehead atoms. The molecule has 2 unspecified atom stereocenters. The van der Waals surface area contributed by atoms with Gasteiger partial charge in [0.1, 0.15) is 0 Å². The Morgan fingerprint density at radius 1 is 1.38 bits per heavy atom. The van der Waals surface area contributed by atoms with E-state index in [1.54, 1.807) is 0 Å². The molecular formula is C12H23N3O. The van der Waals surface area contributed by atoms with Gasteiger partial charge >= 0.3 is 6.03 Å². The molecule has 0 aromatic carbocycles. The Morgan fingerprint density at radius 2 is 2.12 bits per heavy atom. The zero-order chi connectivity index (χ0) is 11.5. The van der Waals surface area contributed by atoms with Crippen LogP contribution in [0.2, 0.25) is 0 Å². The maximum absolute atomic E-state index is 12.3. The van der Waals surface area contributed by atoms with Crippen molar-refractivity contribution < 1.29 is 4.79 Å². The molecule has 4 heteroatoms. The fraction of sp³-hybridized carbons (Fsp3) is 0.917. The number of fused-ring (bicyclic) bond motifs is 1. The van der Waals surface area contributed by atoms with Crippen molar-refractivity contribution in [3.8, 4) is 0 Å². The Labute approximate surface area is 98.0 Å². The zero-order valence-electron chi connectivity index (χ0n) is 10.4. The highest BCUT2D eigenvalue weighted by molar-refractivity contribution is 5.75. The van der Waals surface area contributed by atoms with E-state index in [1.807, 2.05) is 4.90 Å². The van der Waals surface area contributed by atoms with Crippen LogP contribution in [0.15, 0.2) is 0 Å². The number of carbonyl (C=O) groups excluding carboxylic acids is 1. The molecule has 2 amide bonds. The first kappa shape index (κ1) is 11.7. The van der Waals surface area contributed by atoms with Gasteiger partial charge in [0.05, 0.1) is 0 Å². The number of amides is 2. The third-order valence-corrected chi connectivity index (χ3v) is 3.96. The van der Waals surface area contributed by atoms with Crippen LogP contribution in [0.1, 0.15) is 26.7 Å². The third kappa shape index (κ3) is 2.03. The van der Waals surface area contributed by atoms with Gasteiger partial charge in [-0.25, -0.2) is 4.79 Å². The molecule has 0 spiro atoms. The molecule has 0 aromatic rings. The van der Waals surface area contributed by atoms with Gasteiger partial charge < -0.3 is 15.1 Å². The van der Waals surface area contributed by atoms with Crippen LogP contribution < -0.4 is 5.32 Å². The van der Waals surface area contributed by atoms with Crippen molar-refractivity contribution in [2.45, 2.75) is 32.7 Å². The third-order valence-electron chi connectivity index (χ3n) is 3.96. The second kappa shape index (κ2) is 5.04. The zero-order valence-corrected chi connectivity index (χ0v) is 10.4. The maximum atomic E-state index is 12.3. The first-order valence-corrected chi connectivity index (χ1v) is 6.54. The van der Waals surface area contributed by atoms with Gasteiger partial charge in [0.2, 0.25) is 0 Å². The highest BCUT2D eigenvalue weighted by Gasteiger charge is 2.38. The van der Waals surface area contributed by atoms with Gasteiger partial charge in [-0.3, -0.25) is 0 Å². The number of rotatable bonds is 2. The minimum Gasteiger partial charge on any atom is -0.325 e. The van der Waals surface area contributed by atoms with Gasteiger partial charge in [-0.2, -0.15) is 0 Å². The van der Waals surface area contributed by atoms with E-state index < -0.39 is 0 Å². The van der Waals surface area contributed by atoms with Crippen molar-refractivity contribution >= 4 is 6.03 Å². The van der Waals surface area contributed by atoms with Gasteiger partial charge in [-0.05, 0) is 32.6 Å². The Morgan fingerprint density at radius 3 is 2.81 bits per heavy atom. The molecular weight excluding hydrogens is 202 g/mol. The molecule has 4 nitrogen and oxygen atoms in total. The van der Waals surface area contributed by atoms with Crippen molar-refractivity contribution in [1.29, 1.82) is 0 Å². The summed E-state index contributed by atoms with van der Waals surface area (Å²) in [6.07, 6.45) is 2.44. The lowest BCUT2D eigenvalue weighted by Gasteiger charge is -2.39. The lowest BCUT2D eigenvalue weighted by atomic mass is 9.92. The quantitative estimate of drug-likeness (QED) is 0.765. The normalized spacial score (nSPS) is 29.0. The summed E-state index contributed by atoms with van der Waals surface area (Å²) in [5.41, 5.74) is 0. The molecule has 16 heavy (non-hydrogen) atoms. The van der Waals surface area contributed by atoms with E-state index in [-0.39, 0.29) is 6.03 Å². The molecule has 2 rings (SSSR count). The van der Waals surface area contributed by atoms with E-state index in [1.165, 1.54) is 6.42 Å². The molecule has 1 N–H and O–H groups in total. The number of piperidine rings is 1. The number of urea groups is 1. The predicted octanol–water partition coefficient (Wildman–Crippen LogP) is 1.13. The smallest absolute Gasteiger partial charge is 0.320 e. The van der Waals surface area contributed by atoms with Crippen molar-refractivity contribution in [3.05, 3.63) is 0 Å². The second-order valence-corrected chi connectivity index (χ2v) is 4.78. The number of carbonyl (C=O) groups is 1. The number of hydrogen-bond donors (Lipinski definition) is 1. The van der Waals surface area contributed by atoms with Crippen molar-refractivity contribution in [2.24, 2.45) is 5.92 Å². The van der Waals surface area contributed by atoms with Gasteiger partial charge in [0.15, 0.2) is 0 Å². The molecule has 0 aromatic heterocycles. The van der Waals surface area contributed by atoms with E-state index in [9.17, 15) is 4.79 Å². The summed E-state index contributed by atoms with van der Waals surface area (Å²) in [6, 6.07) is 0.685. The molecule has 2 fully saturated rings. The van der Waals surface area contributed by atoms with Crippen LogP contribution in [0.3, 0.4) is 0 Å². The van der Waals surface area contributed by atoms with Crippen LogP contribution in [0, 0.1) is 5.92 Å². The van der Waals surface area contributed by atoms with Crippen LogP contribution >= 0.6 is 0 Å². The summed E-state index contributed by atoms with van der Waals surface area (Å²) in [7, 11) is 0. The van der Waals surface area contributed by atoms with Crippen LogP contribution in [0.25, 0.3) is 0 Å². The van der Waals surface area contributed by atoms with E-state index in [0.29, 0.717) is 12.0 Å². The summed E-state index contributed by atoms with van der Waals surface area (Å²) >= 11 is 0. The van der Waals surface area contributed by atoms with Gasteiger partial charge in [0, 0.05) is 38.8 Å².